The Balaban J connectivity index is 1.80. The van der Waals surface area contributed by atoms with Crippen LogP contribution in [0.15, 0.2) is 45.6 Å². The van der Waals surface area contributed by atoms with Crippen molar-refractivity contribution >= 4 is 27.3 Å². The Morgan fingerprint density at radius 2 is 2.06 bits per heavy atom. The van der Waals surface area contributed by atoms with Crippen molar-refractivity contribution in [2.24, 2.45) is 0 Å². The molecule has 18 heavy (non-hydrogen) atoms. The normalized spacial score (nSPS) is 17.4. The Hall–Kier alpha value is -0.640. The molecule has 1 nitrogen and oxygen atoms in total. The molecule has 0 spiro atoms. The minimum absolute atomic E-state index is 0.321. The van der Waals surface area contributed by atoms with Crippen molar-refractivity contribution in [1.82, 2.24) is 5.32 Å². The van der Waals surface area contributed by atoms with E-state index in [2.05, 4.69) is 62.3 Å². The van der Waals surface area contributed by atoms with Crippen molar-refractivity contribution in [3.8, 4) is 0 Å². The Kier molecular flexibility index (Phi) is 3.55. The minimum Gasteiger partial charge on any atom is -0.315 e. The molecular weight excluding hydrogens is 306 g/mol. The van der Waals surface area contributed by atoms with Crippen LogP contribution in [-0.2, 0) is 11.8 Å². The van der Waals surface area contributed by atoms with E-state index in [9.17, 15) is 0 Å². The Labute approximate surface area is 120 Å². The van der Waals surface area contributed by atoms with Crippen LogP contribution in [0.4, 0.5) is 0 Å². The number of hydrogen-bond donors (Lipinski definition) is 1. The predicted molar refractivity (Wildman–Crippen MR) is 81.3 cm³/mol. The van der Waals surface area contributed by atoms with Gasteiger partial charge in [-0.25, -0.2) is 0 Å². The molecule has 3 heteroatoms. The maximum absolute atomic E-state index is 3.70. The molecule has 1 aliphatic rings. The SMILES string of the molecule is Brc1ccccc1C1(CCc2ccsc2)CNC1. The van der Waals surface area contributed by atoms with Crippen LogP contribution in [0.3, 0.4) is 0 Å². The Bertz CT molecular complexity index is 517. The average molecular weight is 322 g/mol. The lowest BCUT2D eigenvalue weighted by molar-refractivity contribution is 0.257. The van der Waals surface area contributed by atoms with Crippen molar-refractivity contribution in [2.75, 3.05) is 13.1 Å². The first-order valence-electron chi connectivity index (χ1n) is 6.27. The molecule has 1 aromatic carbocycles. The van der Waals surface area contributed by atoms with Gasteiger partial charge >= 0.3 is 0 Å². The standard InChI is InChI=1S/C15H16BrNS/c16-14-4-2-1-3-13(14)15(10-17-11-15)7-5-12-6-8-18-9-12/h1-4,6,8-9,17H,5,7,10-11H2. The molecule has 1 N–H and O–H groups in total. The Morgan fingerprint density at radius 3 is 2.67 bits per heavy atom. The summed E-state index contributed by atoms with van der Waals surface area (Å²) in [4.78, 5) is 0. The molecule has 0 atom stereocenters. The van der Waals surface area contributed by atoms with Gasteiger partial charge in [-0.3, -0.25) is 0 Å². The van der Waals surface area contributed by atoms with Gasteiger partial charge in [0.05, 0.1) is 0 Å². The molecule has 0 aliphatic carbocycles. The summed E-state index contributed by atoms with van der Waals surface area (Å²) < 4.78 is 1.25. The maximum Gasteiger partial charge on any atom is 0.0217 e. The fourth-order valence-electron chi connectivity index (χ4n) is 2.64. The summed E-state index contributed by atoms with van der Waals surface area (Å²) in [6.07, 6.45) is 2.39. The zero-order valence-electron chi connectivity index (χ0n) is 10.2. The summed E-state index contributed by atoms with van der Waals surface area (Å²) >= 11 is 5.49. The van der Waals surface area contributed by atoms with Gasteiger partial charge in [0.25, 0.3) is 0 Å². The van der Waals surface area contributed by atoms with Gasteiger partial charge in [0.2, 0.25) is 0 Å². The van der Waals surface area contributed by atoms with E-state index >= 15 is 0 Å². The fourth-order valence-corrected chi connectivity index (χ4v) is 4.05. The van der Waals surface area contributed by atoms with Crippen LogP contribution in [-0.4, -0.2) is 13.1 Å². The van der Waals surface area contributed by atoms with Crippen LogP contribution in [0, 0.1) is 0 Å². The van der Waals surface area contributed by atoms with E-state index in [1.54, 1.807) is 11.3 Å². The minimum atomic E-state index is 0.321. The highest BCUT2D eigenvalue weighted by atomic mass is 79.9. The second-order valence-electron chi connectivity index (χ2n) is 5.00. The Morgan fingerprint density at radius 1 is 1.22 bits per heavy atom. The van der Waals surface area contributed by atoms with Crippen molar-refractivity contribution in [3.63, 3.8) is 0 Å². The van der Waals surface area contributed by atoms with Gasteiger partial charge in [0.15, 0.2) is 0 Å². The van der Waals surface area contributed by atoms with Crippen LogP contribution in [0.1, 0.15) is 17.5 Å². The van der Waals surface area contributed by atoms with E-state index < -0.39 is 0 Å². The fraction of sp³-hybridized carbons (Fsp3) is 0.333. The molecule has 0 bridgehead atoms. The van der Waals surface area contributed by atoms with Crippen LogP contribution in [0.2, 0.25) is 0 Å². The molecule has 2 aromatic rings. The molecule has 1 fully saturated rings. The van der Waals surface area contributed by atoms with E-state index in [1.807, 2.05) is 0 Å². The summed E-state index contributed by atoms with van der Waals surface area (Å²) in [6, 6.07) is 10.9. The number of halogens is 1. The zero-order chi connectivity index (χ0) is 12.4. The maximum atomic E-state index is 3.70. The van der Waals surface area contributed by atoms with Crippen molar-refractivity contribution in [1.29, 1.82) is 0 Å². The van der Waals surface area contributed by atoms with E-state index in [-0.39, 0.29) is 0 Å². The second kappa shape index (κ2) is 5.16. The summed E-state index contributed by atoms with van der Waals surface area (Å²) in [5.41, 5.74) is 3.25. The largest absolute Gasteiger partial charge is 0.315 e. The van der Waals surface area contributed by atoms with Crippen LogP contribution < -0.4 is 5.32 Å². The van der Waals surface area contributed by atoms with E-state index in [4.69, 9.17) is 0 Å². The van der Waals surface area contributed by atoms with Gasteiger partial charge in [-0.2, -0.15) is 11.3 Å². The number of hydrogen-bond acceptors (Lipinski definition) is 2. The first kappa shape index (κ1) is 12.4. The highest BCUT2D eigenvalue weighted by Crippen LogP contribution is 2.37. The summed E-state index contributed by atoms with van der Waals surface area (Å²) in [6.45, 7) is 2.19. The highest BCUT2D eigenvalue weighted by molar-refractivity contribution is 9.10. The van der Waals surface area contributed by atoms with Crippen LogP contribution in [0.5, 0.6) is 0 Å². The lowest BCUT2D eigenvalue weighted by atomic mass is 9.71. The number of rotatable bonds is 4. The highest BCUT2D eigenvalue weighted by Gasteiger charge is 2.39. The van der Waals surface area contributed by atoms with Gasteiger partial charge in [0.1, 0.15) is 0 Å². The summed E-state index contributed by atoms with van der Waals surface area (Å²) in [5, 5.41) is 7.87. The molecule has 94 valence electrons. The van der Waals surface area contributed by atoms with Crippen LogP contribution >= 0.6 is 27.3 Å². The molecule has 0 radical (unpaired) electrons. The zero-order valence-corrected chi connectivity index (χ0v) is 12.6. The molecular formula is C15H16BrNS. The summed E-state index contributed by atoms with van der Waals surface area (Å²) in [7, 11) is 0. The second-order valence-corrected chi connectivity index (χ2v) is 6.63. The molecule has 0 unspecified atom stereocenters. The molecule has 0 saturated carbocycles. The van der Waals surface area contributed by atoms with E-state index in [0.29, 0.717) is 5.41 Å². The van der Waals surface area contributed by atoms with E-state index in [0.717, 1.165) is 13.1 Å². The average Bonchev–Trinajstić information content (AvgIpc) is 2.83. The van der Waals surface area contributed by atoms with Crippen molar-refractivity contribution in [3.05, 3.63) is 56.7 Å². The van der Waals surface area contributed by atoms with Crippen molar-refractivity contribution in [2.45, 2.75) is 18.3 Å². The third kappa shape index (κ3) is 2.27. The lowest BCUT2D eigenvalue weighted by Crippen LogP contribution is -2.57. The lowest BCUT2D eigenvalue weighted by Gasteiger charge is -2.44. The first-order valence-corrected chi connectivity index (χ1v) is 8.01. The molecule has 1 aromatic heterocycles. The topological polar surface area (TPSA) is 12.0 Å². The first-order chi connectivity index (χ1) is 8.80. The summed E-state index contributed by atoms with van der Waals surface area (Å²) in [5.74, 6) is 0. The molecule has 0 amide bonds. The molecule has 3 rings (SSSR count). The van der Waals surface area contributed by atoms with Gasteiger partial charge in [0, 0.05) is 23.0 Å². The van der Waals surface area contributed by atoms with Crippen LogP contribution in [0.25, 0.3) is 0 Å². The van der Waals surface area contributed by atoms with Gasteiger partial charge < -0.3 is 5.32 Å². The van der Waals surface area contributed by atoms with Gasteiger partial charge in [-0.1, -0.05) is 34.1 Å². The smallest absolute Gasteiger partial charge is 0.0217 e. The third-order valence-electron chi connectivity index (χ3n) is 3.84. The number of benzene rings is 1. The van der Waals surface area contributed by atoms with E-state index in [1.165, 1.54) is 28.4 Å². The third-order valence-corrected chi connectivity index (χ3v) is 5.27. The quantitative estimate of drug-likeness (QED) is 0.898. The number of nitrogens with one attached hydrogen (secondary N) is 1. The number of thiophene rings is 1. The molecule has 2 heterocycles. The molecule has 1 saturated heterocycles. The van der Waals surface area contributed by atoms with Gasteiger partial charge in [-0.05, 0) is 46.9 Å². The molecule has 1 aliphatic heterocycles. The monoisotopic (exact) mass is 321 g/mol. The number of aryl methyl sites for hydroxylation is 1. The van der Waals surface area contributed by atoms with Crippen molar-refractivity contribution < 1.29 is 0 Å². The predicted octanol–water partition coefficient (Wildman–Crippen LogP) is 3.98. The van der Waals surface area contributed by atoms with Gasteiger partial charge in [-0.15, -0.1) is 0 Å².